The minimum Gasteiger partial charge on any atom is -0.323 e. The number of rotatable bonds is 6. The quantitative estimate of drug-likeness (QED) is 0.768. The molecule has 2 aromatic heterocycles. The molecule has 0 saturated heterocycles. The monoisotopic (exact) mass is 294 g/mol. The predicted molar refractivity (Wildman–Crippen MR) is 84.4 cm³/mol. The van der Waals surface area contributed by atoms with E-state index in [1.807, 2.05) is 18.5 Å². The molecule has 0 spiro atoms. The molecule has 5 heteroatoms. The second kappa shape index (κ2) is 6.55. The van der Waals surface area contributed by atoms with E-state index in [-0.39, 0.29) is 0 Å². The van der Waals surface area contributed by atoms with Gasteiger partial charge in [-0.25, -0.2) is 4.98 Å². The summed E-state index contributed by atoms with van der Waals surface area (Å²) in [5.74, 6) is 2.17. The molecule has 0 aliphatic rings. The van der Waals surface area contributed by atoms with Crippen molar-refractivity contribution < 1.29 is 0 Å². The third-order valence-electron chi connectivity index (χ3n) is 3.54. The molecule has 0 fully saturated rings. The standard InChI is InChI=1S/C15H23ClN4/c1-11(2)14(10-19(3)4)20-13-6-8-17-9-12(13)18-15(20)5-7-16/h6,8-9,11,14H,5,7,10H2,1-4H3. The molecule has 2 rings (SSSR count). The zero-order chi connectivity index (χ0) is 14.7. The van der Waals surface area contributed by atoms with Crippen LogP contribution >= 0.6 is 11.6 Å². The van der Waals surface area contributed by atoms with Crippen molar-refractivity contribution in [3.05, 3.63) is 24.3 Å². The average Bonchev–Trinajstić information content (AvgIpc) is 2.74. The first-order chi connectivity index (χ1) is 9.54. The molecule has 0 amide bonds. The lowest BCUT2D eigenvalue weighted by Crippen LogP contribution is -2.29. The van der Waals surface area contributed by atoms with E-state index in [0.717, 1.165) is 29.8 Å². The summed E-state index contributed by atoms with van der Waals surface area (Å²) in [7, 11) is 4.22. The molecule has 1 atom stereocenters. The molecular formula is C15H23ClN4. The van der Waals surface area contributed by atoms with Crippen molar-refractivity contribution in [2.75, 3.05) is 26.5 Å². The van der Waals surface area contributed by atoms with Crippen LogP contribution in [0.4, 0.5) is 0 Å². The Kier molecular flexibility index (Phi) is 5.00. The number of nitrogens with zero attached hydrogens (tertiary/aromatic N) is 4. The number of alkyl halides is 1. The molecule has 0 N–H and O–H groups in total. The highest BCUT2D eigenvalue weighted by molar-refractivity contribution is 6.17. The fourth-order valence-corrected chi connectivity index (χ4v) is 2.77. The highest BCUT2D eigenvalue weighted by Gasteiger charge is 2.22. The number of pyridine rings is 1. The van der Waals surface area contributed by atoms with E-state index in [1.54, 1.807) is 0 Å². The van der Waals surface area contributed by atoms with Crippen molar-refractivity contribution in [3.63, 3.8) is 0 Å². The number of imidazole rings is 1. The summed E-state index contributed by atoms with van der Waals surface area (Å²) in [6.45, 7) is 5.50. The first-order valence-corrected chi connectivity index (χ1v) is 7.59. The Bertz CT molecular complexity index is 562. The summed E-state index contributed by atoms with van der Waals surface area (Å²) in [5, 5.41) is 0. The molecule has 2 aromatic rings. The van der Waals surface area contributed by atoms with E-state index in [1.165, 1.54) is 0 Å². The van der Waals surface area contributed by atoms with Crippen molar-refractivity contribution in [2.24, 2.45) is 5.92 Å². The van der Waals surface area contributed by atoms with Crippen LogP contribution in [0.15, 0.2) is 18.5 Å². The van der Waals surface area contributed by atoms with Crippen LogP contribution in [-0.2, 0) is 6.42 Å². The van der Waals surface area contributed by atoms with Gasteiger partial charge in [0.15, 0.2) is 0 Å². The maximum Gasteiger partial charge on any atom is 0.111 e. The highest BCUT2D eigenvalue weighted by Crippen LogP contribution is 2.26. The Labute approximate surface area is 125 Å². The summed E-state index contributed by atoms with van der Waals surface area (Å²) < 4.78 is 2.35. The normalized spacial score (nSPS) is 13.6. The molecule has 1 unspecified atom stereocenters. The zero-order valence-corrected chi connectivity index (χ0v) is 13.4. The summed E-state index contributed by atoms with van der Waals surface area (Å²) >= 11 is 5.95. The minimum absolute atomic E-state index is 0.385. The van der Waals surface area contributed by atoms with Crippen molar-refractivity contribution in [2.45, 2.75) is 26.3 Å². The third-order valence-corrected chi connectivity index (χ3v) is 3.73. The first-order valence-electron chi connectivity index (χ1n) is 7.06. The van der Waals surface area contributed by atoms with E-state index in [4.69, 9.17) is 16.6 Å². The molecule has 0 bridgehead atoms. The molecule has 20 heavy (non-hydrogen) atoms. The van der Waals surface area contributed by atoms with Gasteiger partial charge in [0.25, 0.3) is 0 Å². The smallest absolute Gasteiger partial charge is 0.111 e. The van der Waals surface area contributed by atoms with E-state index >= 15 is 0 Å². The van der Waals surface area contributed by atoms with Crippen LogP contribution in [-0.4, -0.2) is 46.0 Å². The molecule has 4 nitrogen and oxygen atoms in total. The SMILES string of the molecule is CC(C)C(CN(C)C)n1c(CCCl)nc2cnccc21. The van der Waals surface area contributed by atoms with Gasteiger partial charge in [0.05, 0.1) is 17.8 Å². The largest absolute Gasteiger partial charge is 0.323 e. The maximum absolute atomic E-state index is 5.95. The predicted octanol–water partition coefficient (Wildman–Crippen LogP) is 2.97. The van der Waals surface area contributed by atoms with E-state index in [2.05, 4.69) is 42.4 Å². The molecule has 2 heterocycles. The minimum atomic E-state index is 0.385. The van der Waals surface area contributed by atoms with E-state index < -0.39 is 0 Å². The van der Waals surface area contributed by atoms with Gasteiger partial charge in [-0.1, -0.05) is 13.8 Å². The van der Waals surface area contributed by atoms with Crippen molar-refractivity contribution >= 4 is 22.6 Å². The van der Waals surface area contributed by atoms with Crippen LogP contribution in [0, 0.1) is 5.92 Å². The maximum atomic E-state index is 5.95. The van der Waals surface area contributed by atoms with Crippen molar-refractivity contribution in [1.29, 1.82) is 0 Å². The summed E-state index contributed by atoms with van der Waals surface area (Å²) in [5.41, 5.74) is 2.11. The molecule has 0 saturated carbocycles. The Hall–Kier alpha value is -1.13. The van der Waals surface area contributed by atoms with E-state index in [0.29, 0.717) is 17.8 Å². The summed E-state index contributed by atoms with van der Waals surface area (Å²) in [6, 6.07) is 2.43. The van der Waals surface area contributed by atoms with Crippen LogP contribution in [0.1, 0.15) is 25.7 Å². The lowest BCUT2D eigenvalue weighted by Gasteiger charge is -2.28. The van der Waals surface area contributed by atoms with Gasteiger partial charge in [-0.05, 0) is 26.1 Å². The Morgan fingerprint density at radius 2 is 2.10 bits per heavy atom. The number of aryl methyl sites for hydroxylation is 1. The summed E-state index contributed by atoms with van der Waals surface area (Å²) in [4.78, 5) is 11.1. The number of hydrogen-bond acceptors (Lipinski definition) is 3. The second-order valence-corrected chi connectivity index (χ2v) is 6.15. The molecule has 0 aromatic carbocycles. The molecule has 0 aliphatic heterocycles. The lowest BCUT2D eigenvalue weighted by molar-refractivity contribution is 0.269. The number of hydrogen-bond donors (Lipinski definition) is 0. The van der Waals surface area contributed by atoms with E-state index in [9.17, 15) is 0 Å². The Morgan fingerprint density at radius 1 is 1.35 bits per heavy atom. The Balaban J connectivity index is 2.55. The summed E-state index contributed by atoms with van der Waals surface area (Å²) in [6.07, 6.45) is 4.45. The topological polar surface area (TPSA) is 34.0 Å². The number of fused-ring (bicyclic) bond motifs is 1. The van der Waals surface area contributed by atoms with Crippen molar-refractivity contribution in [3.8, 4) is 0 Å². The number of aromatic nitrogens is 3. The zero-order valence-electron chi connectivity index (χ0n) is 12.7. The van der Waals surface area contributed by atoms with Crippen LogP contribution in [0.5, 0.6) is 0 Å². The molecule has 0 aliphatic carbocycles. The fourth-order valence-electron chi connectivity index (χ4n) is 2.60. The second-order valence-electron chi connectivity index (χ2n) is 5.78. The van der Waals surface area contributed by atoms with Gasteiger partial charge in [-0.3, -0.25) is 4.98 Å². The van der Waals surface area contributed by atoms with Crippen LogP contribution < -0.4 is 0 Å². The van der Waals surface area contributed by atoms with Gasteiger partial charge in [-0.15, -0.1) is 11.6 Å². The highest BCUT2D eigenvalue weighted by atomic mass is 35.5. The third kappa shape index (κ3) is 3.13. The Morgan fingerprint density at radius 3 is 2.70 bits per heavy atom. The number of likely N-dealkylation sites (N-methyl/N-ethyl adjacent to an activating group) is 1. The van der Waals surface area contributed by atoms with Crippen LogP contribution in [0.3, 0.4) is 0 Å². The first kappa shape index (κ1) is 15.3. The average molecular weight is 295 g/mol. The van der Waals surface area contributed by atoms with Gasteiger partial charge in [0.2, 0.25) is 0 Å². The van der Waals surface area contributed by atoms with Gasteiger partial charge in [-0.2, -0.15) is 0 Å². The van der Waals surface area contributed by atoms with Gasteiger partial charge < -0.3 is 9.47 Å². The van der Waals surface area contributed by atoms with Gasteiger partial charge >= 0.3 is 0 Å². The van der Waals surface area contributed by atoms with Gasteiger partial charge in [0.1, 0.15) is 11.3 Å². The lowest BCUT2D eigenvalue weighted by atomic mass is 10.0. The molecular weight excluding hydrogens is 272 g/mol. The fraction of sp³-hybridized carbons (Fsp3) is 0.600. The molecule has 0 radical (unpaired) electrons. The molecule has 110 valence electrons. The van der Waals surface area contributed by atoms with Crippen LogP contribution in [0.2, 0.25) is 0 Å². The van der Waals surface area contributed by atoms with Crippen LogP contribution in [0.25, 0.3) is 11.0 Å². The van der Waals surface area contributed by atoms with Crippen molar-refractivity contribution in [1.82, 2.24) is 19.4 Å². The van der Waals surface area contributed by atoms with Gasteiger partial charge in [0, 0.05) is 25.0 Å². The number of halogens is 1.